The number of likely N-dealkylation sites (tertiary alicyclic amines) is 1. The summed E-state index contributed by atoms with van der Waals surface area (Å²) in [6, 6.07) is 4.01. The second-order valence-corrected chi connectivity index (χ2v) is 6.46. The Kier molecular flexibility index (Phi) is 8.81. The smallest absolute Gasteiger partial charge is 0.255 e. The minimum absolute atomic E-state index is 0. The van der Waals surface area contributed by atoms with Gasteiger partial charge in [-0.05, 0) is 37.8 Å². The third-order valence-corrected chi connectivity index (χ3v) is 4.67. The molecular formula is C17H28Cl2N4O. The van der Waals surface area contributed by atoms with E-state index in [0.717, 1.165) is 38.3 Å². The van der Waals surface area contributed by atoms with Gasteiger partial charge in [0.15, 0.2) is 0 Å². The van der Waals surface area contributed by atoms with Crippen molar-refractivity contribution in [2.75, 3.05) is 31.1 Å². The maximum absolute atomic E-state index is 12.5. The van der Waals surface area contributed by atoms with Gasteiger partial charge < -0.3 is 15.5 Å². The van der Waals surface area contributed by atoms with E-state index in [1.165, 1.54) is 25.7 Å². The average Bonchev–Trinajstić information content (AvgIpc) is 2.84. The lowest BCUT2D eigenvalue weighted by molar-refractivity contribution is 0.0708. The van der Waals surface area contributed by atoms with Gasteiger partial charge in [-0.25, -0.2) is 4.98 Å². The molecule has 2 aliphatic rings. The molecule has 0 spiro atoms. The molecule has 0 aromatic carbocycles. The molecule has 0 bridgehead atoms. The van der Waals surface area contributed by atoms with Gasteiger partial charge >= 0.3 is 0 Å². The van der Waals surface area contributed by atoms with Gasteiger partial charge in [0, 0.05) is 38.4 Å². The Morgan fingerprint density at radius 1 is 1.04 bits per heavy atom. The molecule has 0 radical (unpaired) electrons. The molecule has 7 heteroatoms. The summed E-state index contributed by atoms with van der Waals surface area (Å²) in [5.74, 6) is 1.05. The van der Waals surface area contributed by atoms with Crippen molar-refractivity contribution in [1.29, 1.82) is 0 Å². The van der Waals surface area contributed by atoms with Crippen LogP contribution in [-0.4, -0.2) is 48.0 Å². The highest BCUT2D eigenvalue weighted by Gasteiger charge is 2.22. The van der Waals surface area contributed by atoms with E-state index in [9.17, 15) is 4.79 Å². The highest BCUT2D eigenvalue weighted by atomic mass is 35.5. The quantitative estimate of drug-likeness (QED) is 0.864. The number of anilines is 1. The Balaban J connectivity index is 0.00000144. The molecule has 1 atom stereocenters. The number of carbonyl (C=O) groups is 1. The van der Waals surface area contributed by atoms with Crippen molar-refractivity contribution in [1.82, 2.24) is 9.88 Å². The first-order valence-corrected chi connectivity index (χ1v) is 8.50. The third-order valence-electron chi connectivity index (χ3n) is 4.67. The lowest BCUT2D eigenvalue weighted by Gasteiger charge is -2.30. The molecule has 136 valence electrons. The second kappa shape index (κ2) is 10.1. The van der Waals surface area contributed by atoms with E-state index in [-0.39, 0.29) is 36.8 Å². The third kappa shape index (κ3) is 5.23. The van der Waals surface area contributed by atoms with Crippen molar-refractivity contribution in [2.24, 2.45) is 5.73 Å². The molecule has 3 heterocycles. The van der Waals surface area contributed by atoms with E-state index >= 15 is 0 Å². The van der Waals surface area contributed by atoms with Crippen LogP contribution in [0.3, 0.4) is 0 Å². The van der Waals surface area contributed by atoms with Gasteiger partial charge in [0.2, 0.25) is 0 Å². The Morgan fingerprint density at radius 3 is 2.33 bits per heavy atom. The number of rotatable bonds is 2. The van der Waals surface area contributed by atoms with E-state index in [1.807, 2.05) is 17.0 Å². The van der Waals surface area contributed by atoms with Crippen LogP contribution in [0.25, 0.3) is 0 Å². The zero-order chi connectivity index (χ0) is 15.4. The summed E-state index contributed by atoms with van der Waals surface area (Å²) in [4.78, 5) is 21.2. The molecule has 1 aromatic rings. The van der Waals surface area contributed by atoms with Crippen molar-refractivity contribution in [3.63, 3.8) is 0 Å². The van der Waals surface area contributed by atoms with E-state index in [0.29, 0.717) is 12.1 Å². The summed E-state index contributed by atoms with van der Waals surface area (Å²) in [7, 11) is 0. The monoisotopic (exact) mass is 374 g/mol. The summed E-state index contributed by atoms with van der Waals surface area (Å²) in [6.45, 7) is 3.61. The molecule has 5 nitrogen and oxygen atoms in total. The highest BCUT2D eigenvalue weighted by molar-refractivity contribution is 5.94. The normalized spacial score (nSPS) is 21.3. The van der Waals surface area contributed by atoms with Gasteiger partial charge in [0.1, 0.15) is 5.82 Å². The fourth-order valence-corrected chi connectivity index (χ4v) is 3.38. The zero-order valence-corrected chi connectivity index (χ0v) is 15.7. The highest BCUT2D eigenvalue weighted by Crippen LogP contribution is 2.18. The molecular weight excluding hydrogens is 347 g/mol. The minimum Gasteiger partial charge on any atom is -0.357 e. The van der Waals surface area contributed by atoms with Crippen LogP contribution in [0.15, 0.2) is 18.3 Å². The number of amides is 1. The van der Waals surface area contributed by atoms with Gasteiger partial charge in [0.25, 0.3) is 5.91 Å². The lowest BCUT2D eigenvalue weighted by atomic mass is 10.1. The number of nitrogens with two attached hydrogens (primary N) is 1. The molecule has 1 unspecified atom stereocenters. The summed E-state index contributed by atoms with van der Waals surface area (Å²) in [5, 5.41) is 0. The molecule has 2 fully saturated rings. The molecule has 1 aromatic heterocycles. The van der Waals surface area contributed by atoms with Gasteiger partial charge in [-0.1, -0.05) is 12.8 Å². The van der Waals surface area contributed by atoms with Crippen molar-refractivity contribution in [3.8, 4) is 0 Å². The number of carbonyl (C=O) groups excluding carboxylic acids is 1. The van der Waals surface area contributed by atoms with Crippen LogP contribution in [-0.2, 0) is 0 Å². The van der Waals surface area contributed by atoms with E-state index in [1.54, 1.807) is 6.20 Å². The molecule has 2 saturated heterocycles. The first kappa shape index (κ1) is 21.0. The van der Waals surface area contributed by atoms with Gasteiger partial charge in [0.05, 0.1) is 5.56 Å². The number of aromatic nitrogens is 1. The summed E-state index contributed by atoms with van der Waals surface area (Å²) < 4.78 is 0. The average molecular weight is 375 g/mol. The Morgan fingerprint density at radius 2 is 1.75 bits per heavy atom. The fourth-order valence-electron chi connectivity index (χ4n) is 3.38. The SMILES string of the molecule is Cl.Cl.NC1CCCN(C(=O)c2ccc(N3CCCCCC3)nc2)C1. The molecule has 24 heavy (non-hydrogen) atoms. The maximum atomic E-state index is 12.5. The minimum atomic E-state index is 0. The van der Waals surface area contributed by atoms with Crippen LogP contribution in [0, 0.1) is 0 Å². The van der Waals surface area contributed by atoms with Crippen molar-refractivity contribution < 1.29 is 4.79 Å². The number of hydrogen-bond donors (Lipinski definition) is 1. The van der Waals surface area contributed by atoms with Crippen molar-refractivity contribution in [3.05, 3.63) is 23.9 Å². The maximum Gasteiger partial charge on any atom is 0.255 e. The number of piperidine rings is 1. The van der Waals surface area contributed by atoms with Gasteiger partial charge in [-0.3, -0.25) is 4.79 Å². The standard InChI is InChI=1S/C17H26N4O.2ClH/c18-15-6-5-11-21(13-15)17(22)14-7-8-16(19-12-14)20-9-3-1-2-4-10-20;;/h7-8,12,15H,1-6,9-11,13,18H2;2*1H. The lowest BCUT2D eigenvalue weighted by Crippen LogP contribution is -2.45. The number of hydrogen-bond acceptors (Lipinski definition) is 4. The second-order valence-electron chi connectivity index (χ2n) is 6.46. The van der Waals surface area contributed by atoms with E-state index in [2.05, 4.69) is 9.88 Å². The Bertz CT molecular complexity index is 504. The topological polar surface area (TPSA) is 62.5 Å². The van der Waals surface area contributed by atoms with Crippen LogP contribution >= 0.6 is 24.8 Å². The Hall–Kier alpha value is -1.04. The van der Waals surface area contributed by atoms with Crippen LogP contribution in [0.1, 0.15) is 48.9 Å². The zero-order valence-electron chi connectivity index (χ0n) is 14.0. The molecule has 1 amide bonds. The number of halogens is 2. The predicted octanol–water partition coefficient (Wildman–Crippen LogP) is 2.87. The molecule has 3 rings (SSSR count). The van der Waals surface area contributed by atoms with Gasteiger partial charge in [-0.15, -0.1) is 24.8 Å². The van der Waals surface area contributed by atoms with Crippen molar-refractivity contribution in [2.45, 2.75) is 44.6 Å². The number of pyridine rings is 1. The molecule has 0 aliphatic carbocycles. The summed E-state index contributed by atoms with van der Waals surface area (Å²) in [5.41, 5.74) is 6.64. The largest absolute Gasteiger partial charge is 0.357 e. The van der Waals surface area contributed by atoms with Crippen LogP contribution in [0.4, 0.5) is 5.82 Å². The molecule has 0 saturated carbocycles. The Labute approximate surface area is 156 Å². The number of nitrogens with zero attached hydrogens (tertiary/aromatic N) is 3. The van der Waals surface area contributed by atoms with E-state index < -0.39 is 0 Å². The summed E-state index contributed by atoms with van der Waals surface area (Å²) >= 11 is 0. The van der Waals surface area contributed by atoms with E-state index in [4.69, 9.17) is 5.73 Å². The molecule has 2 N–H and O–H groups in total. The first-order valence-electron chi connectivity index (χ1n) is 8.50. The van der Waals surface area contributed by atoms with Crippen LogP contribution in [0.2, 0.25) is 0 Å². The van der Waals surface area contributed by atoms with Crippen LogP contribution in [0.5, 0.6) is 0 Å². The summed E-state index contributed by atoms with van der Waals surface area (Å²) in [6.07, 6.45) is 8.80. The van der Waals surface area contributed by atoms with Gasteiger partial charge in [-0.2, -0.15) is 0 Å². The first-order chi connectivity index (χ1) is 10.7. The molecule has 2 aliphatic heterocycles. The predicted molar refractivity (Wildman–Crippen MR) is 103 cm³/mol. The van der Waals surface area contributed by atoms with Crippen LogP contribution < -0.4 is 10.6 Å². The van der Waals surface area contributed by atoms with Crippen molar-refractivity contribution >= 4 is 36.5 Å². The fraction of sp³-hybridized carbons (Fsp3) is 0.647.